The Kier molecular flexibility index (Phi) is 6.11. The molecule has 4 nitrogen and oxygen atoms in total. The Hall–Kier alpha value is -1.74. The van der Waals surface area contributed by atoms with Gasteiger partial charge in [0.2, 0.25) is 5.91 Å². The van der Waals surface area contributed by atoms with Crippen molar-refractivity contribution in [2.45, 2.75) is 25.8 Å². The number of anilines is 1. The van der Waals surface area contributed by atoms with E-state index in [2.05, 4.69) is 16.4 Å². The monoisotopic (exact) mass is 379 g/mol. The molecule has 0 aliphatic heterocycles. The molecule has 0 fully saturated rings. The summed E-state index contributed by atoms with van der Waals surface area (Å²) in [5.41, 5.74) is 3.71. The van der Waals surface area contributed by atoms with Crippen LogP contribution in [0.4, 0.5) is 5.69 Å². The topological polar surface area (TPSA) is 65.8 Å². The highest BCUT2D eigenvalue weighted by Crippen LogP contribution is 2.30. The minimum absolute atomic E-state index is 0.118. The van der Waals surface area contributed by atoms with E-state index < -0.39 is 0 Å². The smallest absolute Gasteiger partial charge is 0.234 e. The maximum absolute atomic E-state index is 12.1. The molecule has 2 aromatic rings. The average molecular weight is 380 g/mol. The summed E-state index contributed by atoms with van der Waals surface area (Å²) >= 11 is 13.2. The van der Waals surface area contributed by atoms with Gasteiger partial charge in [0.25, 0.3) is 0 Å². The van der Waals surface area contributed by atoms with Crippen molar-refractivity contribution in [2.24, 2.45) is 0 Å². The number of carbonyl (C=O) groups is 1. The highest BCUT2D eigenvalue weighted by molar-refractivity contribution is 8.00. The largest absolute Gasteiger partial charge is 0.324 e. The van der Waals surface area contributed by atoms with Gasteiger partial charge in [0, 0.05) is 5.69 Å². The van der Waals surface area contributed by atoms with Crippen molar-refractivity contribution in [3.63, 3.8) is 0 Å². The molecule has 0 spiro atoms. The van der Waals surface area contributed by atoms with Crippen molar-refractivity contribution in [1.29, 1.82) is 5.26 Å². The van der Waals surface area contributed by atoms with E-state index in [1.807, 2.05) is 20.8 Å². The van der Waals surface area contributed by atoms with Crippen molar-refractivity contribution in [3.8, 4) is 6.07 Å². The van der Waals surface area contributed by atoms with Gasteiger partial charge in [-0.3, -0.25) is 4.79 Å². The molecule has 0 radical (unpaired) electrons. The lowest BCUT2D eigenvalue weighted by Crippen LogP contribution is -2.15. The number of hydrogen-bond acceptors (Lipinski definition) is 4. The number of hydrogen-bond donors (Lipinski definition) is 1. The summed E-state index contributed by atoms with van der Waals surface area (Å²) in [6.45, 7) is 5.71. The molecule has 7 heteroatoms. The molecule has 1 amide bonds. The van der Waals surface area contributed by atoms with Gasteiger partial charge in [-0.25, -0.2) is 4.98 Å². The Labute approximate surface area is 155 Å². The molecular formula is C17H15Cl2N3OS. The van der Waals surface area contributed by atoms with Crippen LogP contribution in [0.25, 0.3) is 0 Å². The molecule has 1 aromatic heterocycles. The van der Waals surface area contributed by atoms with Gasteiger partial charge >= 0.3 is 0 Å². The number of nitrogens with zero attached hydrogens (tertiary/aromatic N) is 2. The first kappa shape index (κ1) is 18.6. The van der Waals surface area contributed by atoms with Gasteiger partial charge < -0.3 is 5.32 Å². The Morgan fingerprint density at radius 3 is 2.67 bits per heavy atom. The second kappa shape index (κ2) is 7.89. The van der Waals surface area contributed by atoms with Crippen LogP contribution < -0.4 is 5.32 Å². The summed E-state index contributed by atoms with van der Waals surface area (Å²) in [5.74, 6) is -0.127. The molecule has 124 valence electrons. The molecule has 1 heterocycles. The van der Waals surface area contributed by atoms with Crippen molar-refractivity contribution in [1.82, 2.24) is 4.98 Å². The average Bonchev–Trinajstić information content (AvgIpc) is 2.55. The summed E-state index contributed by atoms with van der Waals surface area (Å²) in [4.78, 5) is 16.6. The van der Waals surface area contributed by atoms with Gasteiger partial charge in [-0.1, -0.05) is 41.0 Å². The van der Waals surface area contributed by atoms with E-state index in [0.717, 1.165) is 16.8 Å². The lowest BCUT2D eigenvalue weighted by molar-refractivity contribution is -0.113. The maximum Gasteiger partial charge on any atom is 0.234 e. The fourth-order valence-electron chi connectivity index (χ4n) is 2.07. The summed E-state index contributed by atoms with van der Waals surface area (Å²) in [7, 11) is 0. The van der Waals surface area contributed by atoms with E-state index in [1.54, 1.807) is 18.2 Å². The molecule has 1 N–H and O–H groups in total. The zero-order chi connectivity index (χ0) is 17.9. The van der Waals surface area contributed by atoms with Gasteiger partial charge in [-0.2, -0.15) is 5.26 Å². The van der Waals surface area contributed by atoms with Crippen molar-refractivity contribution in [2.75, 3.05) is 11.1 Å². The molecule has 0 bridgehead atoms. The number of halogens is 2. The summed E-state index contributed by atoms with van der Waals surface area (Å²) in [6, 6.07) is 7.20. The van der Waals surface area contributed by atoms with E-state index in [9.17, 15) is 10.1 Å². The van der Waals surface area contributed by atoms with E-state index in [0.29, 0.717) is 26.3 Å². The normalized spacial score (nSPS) is 10.3. The summed E-state index contributed by atoms with van der Waals surface area (Å²) in [5, 5.41) is 13.3. The first-order valence-electron chi connectivity index (χ1n) is 7.09. The fraction of sp³-hybridized carbons (Fsp3) is 0.235. The van der Waals surface area contributed by atoms with Crippen molar-refractivity contribution >= 4 is 46.6 Å². The van der Waals surface area contributed by atoms with Gasteiger partial charge in [0.05, 0.1) is 27.0 Å². The number of nitriles is 1. The molecule has 0 aliphatic rings. The predicted molar refractivity (Wildman–Crippen MR) is 99.0 cm³/mol. The first-order chi connectivity index (χ1) is 11.3. The highest BCUT2D eigenvalue weighted by Gasteiger charge is 2.15. The van der Waals surface area contributed by atoms with E-state index in [4.69, 9.17) is 23.2 Å². The van der Waals surface area contributed by atoms with Crippen LogP contribution in [0.5, 0.6) is 0 Å². The van der Waals surface area contributed by atoms with E-state index in [1.165, 1.54) is 11.8 Å². The van der Waals surface area contributed by atoms with Crippen LogP contribution in [0.2, 0.25) is 10.0 Å². The minimum atomic E-state index is -0.245. The van der Waals surface area contributed by atoms with Crippen molar-refractivity contribution in [3.05, 3.63) is 50.6 Å². The number of pyridine rings is 1. The third-order valence-corrected chi connectivity index (χ3v) is 5.44. The van der Waals surface area contributed by atoms with Gasteiger partial charge in [-0.05, 0) is 44.0 Å². The zero-order valence-electron chi connectivity index (χ0n) is 13.4. The van der Waals surface area contributed by atoms with Crippen LogP contribution >= 0.6 is 35.0 Å². The third-order valence-electron chi connectivity index (χ3n) is 3.64. The number of amides is 1. The Balaban J connectivity index is 2.13. The second-order valence-corrected chi connectivity index (χ2v) is 6.93. The minimum Gasteiger partial charge on any atom is -0.324 e. The molecular weight excluding hydrogens is 365 g/mol. The summed E-state index contributed by atoms with van der Waals surface area (Å²) in [6.07, 6.45) is 0. The lowest BCUT2D eigenvalue weighted by atomic mass is 10.1. The number of thioether (sulfide) groups is 1. The number of aromatic nitrogens is 1. The van der Waals surface area contributed by atoms with Gasteiger partial charge in [0.1, 0.15) is 11.1 Å². The molecule has 1 aromatic carbocycles. The molecule has 0 atom stereocenters. The quantitative estimate of drug-likeness (QED) is 0.765. The first-order valence-corrected chi connectivity index (χ1v) is 8.83. The third kappa shape index (κ3) is 4.02. The SMILES string of the molecule is Cc1nc(SCC(=O)Nc2cccc(Cl)c2Cl)c(C#N)c(C)c1C. The molecule has 24 heavy (non-hydrogen) atoms. The van der Waals surface area contributed by atoms with Crippen LogP contribution in [0, 0.1) is 32.1 Å². The number of rotatable bonds is 4. The van der Waals surface area contributed by atoms with Crippen LogP contribution in [0.1, 0.15) is 22.4 Å². The highest BCUT2D eigenvalue weighted by atomic mass is 35.5. The van der Waals surface area contributed by atoms with Crippen LogP contribution in [0.15, 0.2) is 23.2 Å². The van der Waals surface area contributed by atoms with E-state index in [-0.39, 0.29) is 11.7 Å². The molecule has 0 unspecified atom stereocenters. The standard InChI is InChI=1S/C17H15Cl2N3OS/c1-9-10(2)12(7-20)17(21-11(9)3)24-8-15(23)22-14-6-4-5-13(18)16(14)19/h4-6H,8H2,1-3H3,(H,22,23). The number of benzene rings is 1. The molecule has 0 saturated heterocycles. The number of nitrogens with one attached hydrogen (secondary N) is 1. The van der Waals surface area contributed by atoms with Crippen LogP contribution in [-0.2, 0) is 4.79 Å². The molecule has 0 aliphatic carbocycles. The Morgan fingerprint density at radius 2 is 2.00 bits per heavy atom. The van der Waals surface area contributed by atoms with Crippen molar-refractivity contribution < 1.29 is 4.79 Å². The van der Waals surface area contributed by atoms with Crippen LogP contribution in [0.3, 0.4) is 0 Å². The van der Waals surface area contributed by atoms with Crippen LogP contribution in [-0.4, -0.2) is 16.6 Å². The van der Waals surface area contributed by atoms with E-state index >= 15 is 0 Å². The second-order valence-electron chi connectivity index (χ2n) is 5.18. The fourth-order valence-corrected chi connectivity index (χ4v) is 3.30. The Morgan fingerprint density at radius 1 is 1.29 bits per heavy atom. The van der Waals surface area contributed by atoms with Gasteiger partial charge in [-0.15, -0.1) is 0 Å². The number of aryl methyl sites for hydroxylation is 1. The Bertz CT molecular complexity index is 847. The van der Waals surface area contributed by atoms with Gasteiger partial charge in [0.15, 0.2) is 0 Å². The molecule has 0 saturated carbocycles. The predicted octanol–water partition coefficient (Wildman–Crippen LogP) is 4.92. The zero-order valence-corrected chi connectivity index (χ0v) is 15.7. The number of carbonyl (C=O) groups excluding carboxylic acids is 1. The summed E-state index contributed by atoms with van der Waals surface area (Å²) < 4.78 is 0. The maximum atomic E-state index is 12.1. The lowest BCUT2D eigenvalue weighted by Gasteiger charge is -2.11. The molecule has 2 rings (SSSR count).